The highest BCUT2D eigenvalue weighted by Crippen LogP contribution is 2.23. The lowest BCUT2D eigenvalue weighted by Gasteiger charge is -2.21. The Morgan fingerprint density at radius 3 is 2.77 bits per heavy atom. The van der Waals surface area contributed by atoms with E-state index in [-0.39, 0.29) is 5.41 Å². The lowest BCUT2D eigenvalue weighted by molar-refractivity contribution is 0.488. The van der Waals surface area contributed by atoms with Gasteiger partial charge in [-0.15, -0.1) is 6.42 Å². The van der Waals surface area contributed by atoms with Gasteiger partial charge >= 0.3 is 0 Å². The number of terminal acetylenes is 1. The largest absolute Gasteiger partial charge is 0.229 e. The first kappa shape index (κ1) is 9.73. The summed E-state index contributed by atoms with van der Waals surface area (Å²) in [5.74, 6) is 2.91. The van der Waals surface area contributed by atoms with Crippen LogP contribution in [0.1, 0.15) is 38.7 Å². The number of nitrogens with zero attached hydrogens (tertiary/aromatic N) is 2. The highest BCUT2D eigenvalue weighted by Gasteiger charge is 2.19. The molecule has 0 aliphatic rings. The van der Waals surface area contributed by atoms with Crippen molar-refractivity contribution < 1.29 is 0 Å². The van der Waals surface area contributed by atoms with Gasteiger partial charge in [-0.05, 0) is 18.4 Å². The Balaban J connectivity index is 3.10. The fourth-order valence-electron chi connectivity index (χ4n) is 0.986. The van der Waals surface area contributed by atoms with Crippen molar-refractivity contribution in [2.75, 3.05) is 0 Å². The molecule has 2 heteroatoms. The zero-order chi connectivity index (χ0) is 9.90. The van der Waals surface area contributed by atoms with Crippen molar-refractivity contribution in [3.8, 4) is 12.3 Å². The number of hydrogen-bond donors (Lipinski definition) is 0. The van der Waals surface area contributed by atoms with Crippen molar-refractivity contribution in [2.45, 2.75) is 32.6 Å². The molecule has 2 nitrogen and oxygen atoms in total. The molecule has 0 amide bonds. The molecule has 0 fully saturated rings. The van der Waals surface area contributed by atoms with Crippen LogP contribution < -0.4 is 0 Å². The maximum absolute atomic E-state index is 5.23. The van der Waals surface area contributed by atoms with Gasteiger partial charge in [0.2, 0.25) is 5.82 Å². The van der Waals surface area contributed by atoms with Crippen LogP contribution in [0.2, 0.25) is 0 Å². The first-order valence-corrected chi connectivity index (χ1v) is 4.40. The van der Waals surface area contributed by atoms with Gasteiger partial charge in [-0.3, -0.25) is 0 Å². The fourth-order valence-corrected chi connectivity index (χ4v) is 0.986. The molecular formula is C11H14N2. The van der Waals surface area contributed by atoms with Gasteiger partial charge in [-0.2, -0.15) is 0 Å². The number of aromatic nitrogens is 2. The molecule has 13 heavy (non-hydrogen) atoms. The Bertz CT molecular complexity index is 334. The molecule has 0 aliphatic carbocycles. The minimum atomic E-state index is 0.0779. The van der Waals surface area contributed by atoms with Crippen molar-refractivity contribution >= 4 is 0 Å². The van der Waals surface area contributed by atoms with Crippen LogP contribution in [0, 0.1) is 12.3 Å². The zero-order valence-corrected chi connectivity index (χ0v) is 8.33. The molecule has 1 aromatic rings. The third-order valence-electron chi connectivity index (χ3n) is 2.36. The minimum Gasteiger partial charge on any atom is -0.229 e. The minimum absolute atomic E-state index is 0.0779. The van der Waals surface area contributed by atoms with E-state index in [4.69, 9.17) is 6.42 Å². The van der Waals surface area contributed by atoms with Gasteiger partial charge in [0.25, 0.3) is 0 Å². The van der Waals surface area contributed by atoms with Crippen molar-refractivity contribution in [3.63, 3.8) is 0 Å². The second-order valence-electron chi connectivity index (χ2n) is 3.65. The Labute approximate surface area is 79.4 Å². The Morgan fingerprint density at radius 2 is 2.23 bits per heavy atom. The Morgan fingerprint density at radius 1 is 1.54 bits per heavy atom. The molecule has 1 rings (SSSR count). The standard InChI is InChI=1S/C11H14N2/c1-5-10-12-8-7-9(13-10)11(3,4)6-2/h1,7-8H,6H2,2-4H3. The molecule has 0 N–H and O–H groups in total. The first-order valence-electron chi connectivity index (χ1n) is 4.40. The fraction of sp³-hybridized carbons (Fsp3) is 0.455. The summed E-state index contributed by atoms with van der Waals surface area (Å²) in [4.78, 5) is 8.24. The van der Waals surface area contributed by atoms with Crippen molar-refractivity contribution in [3.05, 3.63) is 23.8 Å². The van der Waals surface area contributed by atoms with E-state index < -0.39 is 0 Å². The van der Waals surface area contributed by atoms with Gasteiger partial charge in [0.15, 0.2) is 0 Å². The molecule has 0 saturated heterocycles. The summed E-state index contributed by atoms with van der Waals surface area (Å²) < 4.78 is 0. The van der Waals surface area contributed by atoms with E-state index in [0.29, 0.717) is 5.82 Å². The highest BCUT2D eigenvalue weighted by molar-refractivity contribution is 5.21. The van der Waals surface area contributed by atoms with Crippen LogP contribution in [-0.4, -0.2) is 9.97 Å². The summed E-state index contributed by atoms with van der Waals surface area (Å²) in [5.41, 5.74) is 1.09. The predicted molar refractivity (Wildman–Crippen MR) is 53.3 cm³/mol. The van der Waals surface area contributed by atoms with Gasteiger partial charge in [0.05, 0.1) is 5.69 Å². The SMILES string of the molecule is C#Cc1nccc(C(C)(C)CC)n1. The van der Waals surface area contributed by atoms with Crippen LogP contribution in [0.5, 0.6) is 0 Å². The Hall–Kier alpha value is -1.36. The number of rotatable bonds is 2. The molecule has 0 unspecified atom stereocenters. The molecule has 0 spiro atoms. The molecule has 1 heterocycles. The summed E-state index contributed by atoms with van der Waals surface area (Å²) in [5, 5.41) is 0. The summed E-state index contributed by atoms with van der Waals surface area (Å²) in [6.45, 7) is 6.43. The van der Waals surface area contributed by atoms with Gasteiger partial charge in [0.1, 0.15) is 0 Å². The highest BCUT2D eigenvalue weighted by atomic mass is 14.9. The summed E-state index contributed by atoms with van der Waals surface area (Å²) >= 11 is 0. The topological polar surface area (TPSA) is 25.8 Å². The second-order valence-corrected chi connectivity index (χ2v) is 3.65. The molecule has 0 radical (unpaired) electrons. The van der Waals surface area contributed by atoms with Gasteiger partial charge in [-0.25, -0.2) is 9.97 Å². The molecule has 1 aromatic heterocycles. The third-order valence-corrected chi connectivity index (χ3v) is 2.36. The van der Waals surface area contributed by atoms with Crippen LogP contribution in [-0.2, 0) is 5.41 Å². The van der Waals surface area contributed by atoms with E-state index in [0.717, 1.165) is 12.1 Å². The molecule has 0 aliphatic heterocycles. The van der Waals surface area contributed by atoms with Crippen molar-refractivity contribution in [2.24, 2.45) is 0 Å². The van der Waals surface area contributed by atoms with Crippen LogP contribution in [0.15, 0.2) is 12.3 Å². The molecule has 68 valence electrons. The molecule has 0 atom stereocenters. The monoisotopic (exact) mass is 174 g/mol. The summed E-state index contributed by atoms with van der Waals surface area (Å²) in [6, 6.07) is 1.92. The second kappa shape index (κ2) is 3.57. The quantitative estimate of drug-likeness (QED) is 0.642. The normalized spacial score (nSPS) is 10.9. The van der Waals surface area contributed by atoms with Crippen molar-refractivity contribution in [1.29, 1.82) is 0 Å². The van der Waals surface area contributed by atoms with Crippen LogP contribution >= 0.6 is 0 Å². The van der Waals surface area contributed by atoms with Gasteiger partial charge < -0.3 is 0 Å². The lowest BCUT2D eigenvalue weighted by atomic mass is 9.86. The van der Waals surface area contributed by atoms with E-state index in [1.807, 2.05) is 6.07 Å². The van der Waals surface area contributed by atoms with E-state index in [1.54, 1.807) is 6.20 Å². The van der Waals surface area contributed by atoms with Crippen LogP contribution in [0.3, 0.4) is 0 Å². The first-order chi connectivity index (χ1) is 6.10. The Kier molecular flexibility index (Phi) is 2.67. The van der Waals surface area contributed by atoms with Gasteiger partial charge in [-0.1, -0.05) is 20.8 Å². The van der Waals surface area contributed by atoms with E-state index >= 15 is 0 Å². The smallest absolute Gasteiger partial charge is 0.204 e. The van der Waals surface area contributed by atoms with E-state index in [9.17, 15) is 0 Å². The summed E-state index contributed by atoms with van der Waals surface area (Å²) in [7, 11) is 0. The maximum atomic E-state index is 5.23. The number of hydrogen-bond acceptors (Lipinski definition) is 2. The average Bonchev–Trinajstić information content (AvgIpc) is 2.18. The van der Waals surface area contributed by atoms with Crippen molar-refractivity contribution in [1.82, 2.24) is 9.97 Å². The van der Waals surface area contributed by atoms with E-state index in [1.165, 1.54) is 0 Å². The summed E-state index contributed by atoms with van der Waals surface area (Å²) in [6.07, 6.45) is 7.98. The lowest BCUT2D eigenvalue weighted by Crippen LogP contribution is -2.18. The molecule has 0 bridgehead atoms. The molecular weight excluding hydrogens is 160 g/mol. The average molecular weight is 174 g/mol. The predicted octanol–water partition coefficient (Wildman–Crippen LogP) is 2.15. The molecule has 0 saturated carbocycles. The van der Waals surface area contributed by atoms with Crippen LogP contribution in [0.25, 0.3) is 0 Å². The molecule has 0 aromatic carbocycles. The van der Waals surface area contributed by atoms with E-state index in [2.05, 4.69) is 36.7 Å². The van der Waals surface area contributed by atoms with Crippen LogP contribution in [0.4, 0.5) is 0 Å². The zero-order valence-electron chi connectivity index (χ0n) is 8.33. The maximum Gasteiger partial charge on any atom is 0.204 e. The third kappa shape index (κ3) is 2.06. The van der Waals surface area contributed by atoms with Gasteiger partial charge in [0, 0.05) is 11.6 Å².